The molecule has 6 nitrogen and oxygen atoms in total. The van der Waals surface area contributed by atoms with Gasteiger partial charge in [-0.05, 0) is 34.9 Å². The fraction of sp³-hybridized carbons (Fsp3) is 0.0769. The van der Waals surface area contributed by atoms with Crippen molar-refractivity contribution in [2.45, 2.75) is 6.10 Å². The molecule has 0 radical (unpaired) electrons. The first kappa shape index (κ1) is 14.1. The van der Waals surface area contributed by atoms with E-state index in [4.69, 9.17) is 16.7 Å². The molecule has 2 aromatic rings. The van der Waals surface area contributed by atoms with Gasteiger partial charge in [-0.3, -0.25) is 5.32 Å². The lowest BCUT2D eigenvalue weighted by molar-refractivity contribution is -0.603. The first-order valence-corrected chi connectivity index (χ1v) is 6.02. The molecule has 3 N–H and O–H groups in total. The number of hydrogen-bond acceptors (Lipinski definition) is 3. The summed E-state index contributed by atoms with van der Waals surface area (Å²) in [5.74, 6) is 0. The Kier molecular flexibility index (Phi) is 4.07. The molecule has 0 bridgehead atoms. The Balaban J connectivity index is 2.22. The molecule has 0 saturated heterocycles. The van der Waals surface area contributed by atoms with Crippen molar-refractivity contribution in [1.82, 2.24) is 0 Å². The predicted molar refractivity (Wildman–Crippen MR) is 72.6 cm³/mol. The van der Waals surface area contributed by atoms with E-state index in [1.54, 1.807) is 12.1 Å². The molecule has 1 aromatic heterocycles. The number of carboxylic acid groups (broad SMARTS) is 1. The van der Waals surface area contributed by atoms with E-state index >= 15 is 0 Å². The molecular weight excluding hydrogens is 284 g/mol. The number of hydrogen-bond donors (Lipinski definition) is 3. The Morgan fingerprint density at radius 1 is 1.25 bits per heavy atom. The maximum atomic E-state index is 11.1. The Labute approximate surface area is 119 Å². The molecule has 0 aliphatic carbocycles. The quantitative estimate of drug-likeness (QED) is 0.459. The molecule has 0 saturated carbocycles. The van der Waals surface area contributed by atoms with Crippen molar-refractivity contribution in [3.8, 4) is 0 Å². The van der Waals surface area contributed by atoms with Crippen LogP contribution in [0, 0.1) is 5.21 Å². The van der Waals surface area contributed by atoms with E-state index in [0.717, 1.165) is 0 Å². The minimum atomic E-state index is -1.16. The number of benzene rings is 1. The third-order valence-electron chi connectivity index (χ3n) is 2.69. The summed E-state index contributed by atoms with van der Waals surface area (Å²) in [4.78, 5) is 10.5. The second-order valence-electron chi connectivity index (χ2n) is 4.06. The number of nitrogens with zero attached hydrogens (tertiary/aromatic N) is 1. The van der Waals surface area contributed by atoms with Crippen LogP contribution in [0.3, 0.4) is 0 Å². The van der Waals surface area contributed by atoms with Crippen LogP contribution < -0.4 is 10.0 Å². The van der Waals surface area contributed by atoms with Gasteiger partial charge < -0.3 is 15.4 Å². The van der Waals surface area contributed by atoms with Crippen molar-refractivity contribution >= 4 is 23.4 Å². The standard InChI is InChI=1S/C13H11ClN2O4/c14-11-7-9(5-6-16(11)20)12(17)8-1-3-10(4-2-8)15-13(18)19/h1-7,12,15,17H,(H,18,19). The molecule has 1 heterocycles. The van der Waals surface area contributed by atoms with Crippen LogP contribution in [0.25, 0.3) is 0 Å². The zero-order valence-electron chi connectivity index (χ0n) is 10.2. The van der Waals surface area contributed by atoms with Crippen LogP contribution in [0.15, 0.2) is 42.6 Å². The highest BCUT2D eigenvalue weighted by Crippen LogP contribution is 2.24. The first-order chi connectivity index (χ1) is 9.47. The van der Waals surface area contributed by atoms with Gasteiger partial charge in [-0.1, -0.05) is 12.1 Å². The SMILES string of the molecule is O=C(O)Nc1ccc(C(O)c2cc[n+]([O-])c(Cl)c2)cc1. The largest absolute Gasteiger partial charge is 0.618 e. The number of carbonyl (C=O) groups is 1. The van der Waals surface area contributed by atoms with E-state index in [-0.39, 0.29) is 5.15 Å². The minimum absolute atomic E-state index is 0.0364. The van der Waals surface area contributed by atoms with Gasteiger partial charge in [0.2, 0.25) is 0 Å². The Morgan fingerprint density at radius 2 is 1.90 bits per heavy atom. The van der Waals surface area contributed by atoms with Crippen LogP contribution >= 0.6 is 11.6 Å². The van der Waals surface area contributed by atoms with E-state index in [9.17, 15) is 15.1 Å². The number of rotatable bonds is 3. The lowest BCUT2D eigenvalue weighted by atomic mass is 10.0. The first-order valence-electron chi connectivity index (χ1n) is 5.64. The summed E-state index contributed by atoms with van der Waals surface area (Å²) in [7, 11) is 0. The van der Waals surface area contributed by atoms with Gasteiger partial charge in [0, 0.05) is 17.8 Å². The van der Waals surface area contributed by atoms with Crippen molar-refractivity contribution in [2.24, 2.45) is 0 Å². The fourth-order valence-electron chi connectivity index (χ4n) is 1.71. The van der Waals surface area contributed by atoms with Gasteiger partial charge in [0.1, 0.15) is 6.10 Å². The number of halogens is 1. The van der Waals surface area contributed by atoms with E-state index < -0.39 is 12.2 Å². The second-order valence-corrected chi connectivity index (χ2v) is 4.45. The summed E-state index contributed by atoms with van der Waals surface area (Å²) >= 11 is 5.69. The van der Waals surface area contributed by atoms with Crippen molar-refractivity contribution in [3.05, 3.63) is 64.1 Å². The monoisotopic (exact) mass is 294 g/mol. The van der Waals surface area contributed by atoms with Crippen LogP contribution in [0.2, 0.25) is 5.15 Å². The Bertz CT molecular complexity index is 631. The van der Waals surface area contributed by atoms with Crippen molar-refractivity contribution in [1.29, 1.82) is 0 Å². The van der Waals surface area contributed by atoms with Gasteiger partial charge in [0.05, 0.1) is 0 Å². The number of aromatic nitrogens is 1. The number of nitrogens with one attached hydrogen (secondary N) is 1. The van der Waals surface area contributed by atoms with Crippen LogP contribution in [0.4, 0.5) is 10.5 Å². The number of aliphatic hydroxyl groups is 1. The van der Waals surface area contributed by atoms with Crippen molar-refractivity contribution < 1.29 is 19.7 Å². The highest BCUT2D eigenvalue weighted by atomic mass is 35.5. The predicted octanol–water partition coefficient (Wildman–Crippen LogP) is 2.15. The average Bonchev–Trinajstić information content (AvgIpc) is 2.41. The average molecular weight is 295 g/mol. The number of aliphatic hydroxyl groups excluding tert-OH is 1. The molecule has 0 aliphatic rings. The third-order valence-corrected chi connectivity index (χ3v) is 2.97. The second kappa shape index (κ2) is 5.77. The molecule has 1 aromatic carbocycles. The topological polar surface area (TPSA) is 96.5 Å². The van der Waals surface area contributed by atoms with Gasteiger partial charge in [-0.25, -0.2) is 4.79 Å². The lowest BCUT2D eigenvalue weighted by Gasteiger charge is -2.12. The maximum Gasteiger partial charge on any atom is 0.409 e. The lowest BCUT2D eigenvalue weighted by Crippen LogP contribution is -2.26. The summed E-state index contributed by atoms with van der Waals surface area (Å²) < 4.78 is 0.484. The smallest absolute Gasteiger partial charge is 0.409 e. The van der Waals surface area contributed by atoms with E-state index in [1.807, 2.05) is 0 Å². The molecule has 0 aliphatic heterocycles. The molecule has 0 spiro atoms. The third kappa shape index (κ3) is 3.17. The zero-order valence-corrected chi connectivity index (χ0v) is 10.9. The van der Waals surface area contributed by atoms with Gasteiger partial charge in [-0.2, -0.15) is 4.73 Å². The van der Waals surface area contributed by atoms with Crippen LogP contribution in [-0.4, -0.2) is 16.3 Å². The Morgan fingerprint density at radius 3 is 2.45 bits per heavy atom. The molecule has 0 fully saturated rings. The van der Waals surface area contributed by atoms with E-state index in [0.29, 0.717) is 21.5 Å². The Hall–Kier alpha value is -2.31. The molecule has 20 heavy (non-hydrogen) atoms. The number of anilines is 1. The highest BCUT2D eigenvalue weighted by Gasteiger charge is 2.14. The summed E-state index contributed by atoms with van der Waals surface area (Å²) in [5, 5.41) is 32.0. The van der Waals surface area contributed by atoms with Gasteiger partial charge >= 0.3 is 6.09 Å². The highest BCUT2D eigenvalue weighted by molar-refractivity contribution is 6.28. The molecule has 7 heteroatoms. The summed E-state index contributed by atoms with van der Waals surface area (Å²) in [6.07, 6.45) is -0.901. The van der Waals surface area contributed by atoms with Gasteiger partial charge in [0.25, 0.3) is 5.15 Å². The molecule has 1 unspecified atom stereocenters. The fourth-order valence-corrected chi connectivity index (χ4v) is 1.89. The van der Waals surface area contributed by atoms with E-state index in [2.05, 4.69) is 5.32 Å². The number of amides is 1. The van der Waals surface area contributed by atoms with Crippen LogP contribution in [0.1, 0.15) is 17.2 Å². The number of pyridine rings is 1. The molecule has 1 atom stereocenters. The maximum absolute atomic E-state index is 11.1. The summed E-state index contributed by atoms with van der Waals surface area (Å²) in [6.45, 7) is 0. The van der Waals surface area contributed by atoms with Crippen LogP contribution in [0.5, 0.6) is 0 Å². The van der Waals surface area contributed by atoms with E-state index in [1.165, 1.54) is 30.5 Å². The van der Waals surface area contributed by atoms with Gasteiger partial charge in [-0.15, -0.1) is 0 Å². The molecular formula is C13H11ClN2O4. The zero-order chi connectivity index (χ0) is 14.7. The molecule has 104 valence electrons. The summed E-state index contributed by atoms with van der Waals surface area (Å²) in [5.41, 5.74) is 1.43. The van der Waals surface area contributed by atoms with Crippen LogP contribution in [-0.2, 0) is 0 Å². The normalized spacial score (nSPS) is 11.9. The van der Waals surface area contributed by atoms with Crippen molar-refractivity contribution in [3.63, 3.8) is 0 Å². The van der Waals surface area contributed by atoms with Gasteiger partial charge in [0.15, 0.2) is 6.20 Å². The molecule has 1 amide bonds. The summed E-state index contributed by atoms with van der Waals surface area (Å²) in [6, 6.07) is 9.08. The van der Waals surface area contributed by atoms with Crippen molar-refractivity contribution in [2.75, 3.05) is 5.32 Å². The minimum Gasteiger partial charge on any atom is -0.618 e. The molecule has 2 rings (SSSR count).